The summed E-state index contributed by atoms with van der Waals surface area (Å²) in [4.78, 5) is 5.24. The van der Waals surface area contributed by atoms with Crippen LogP contribution in [-0.4, -0.2) is 6.34 Å². The smallest absolute Gasteiger partial charge is 0.0860 e. The van der Waals surface area contributed by atoms with Gasteiger partial charge in [-0.3, -0.25) is 0 Å². The van der Waals surface area contributed by atoms with Gasteiger partial charge in [0.15, 0.2) is 0 Å². The van der Waals surface area contributed by atoms with Crippen LogP contribution < -0.4 is 5.73 Å². The Bertz CT molecular complexity index is 562. The summed E-state index contributed by atoms with van der Waals surface area (Å²) in [5.41, 5.74) is 7.40. The molecule has 2 aromatic carbocycles. The van der Waals surface area contributed by atoms with E-state index >= 15 is 0 Å². The summed E-state index contributed by atoms with van der Waals surface area (Å²) in [5, 5.41) is 0. The molecule has 2 aromatic rings. The van der Waals surface area contributed by atoms with E-state index in [2.05, 4.69) is 61.1 Å². The minimum absolute atomic E-state index is 0.872. The number of hydrogen-bond acceptors (Lipinski definition) is 2. The van der Waals surface area contributed by atoms with Crippen LogP contribution in [0.15, 0.2) is 61.3 Å². The maximum atomic E-state index is 5.26. The van der Waals surface area contributed by atoms with E-state index in [0.29, 0.717) is 0 Å². The lowest BCUT2D eigenvalue weighted by Gasteiger charge is -2.04. The van der Waals surface area contributed by atoms with Gasteiger partial charge in [-0.2, -0.15) is 0 Å². The summed E-state index contributed by atoms with van der Waals surface area (Å²) in [6.07, 6.45) is 1.31. The van der Waals surface area contributed by atoms with Gasteiger partial charge in [0.2, 0.25) is 0 Å². The Labute approximate surface area is 133 Å². The van der Waals surface area contributed by atoms with E-state index in [4.69, 9.17) is 5.73 Å². The first kappa shape index (κ1) is 14.6. The largest absolute Gasteiger partial charge is 0.390 e. The van der Waals surface area contributed by atoms with Crippen LogP contribution in [0.25, 0.3) is 0 Å². The molecule has 0 unspecified atom stereocenters. The average Bonchev–Trinajstić information content (AvgIpc) is 2.37. The Morgan fingerprint density at radius 1 is 1.05 bits per heavy atom. The molecule has 0 heterocycles. The molecule has 98 valence electrons. The van der Waals surface area contributed by atoms with E-state index in [1.54, 1.807) is 11.8 Å². The van der Waals surface area contributed by atoms with Crippen LogP contribution in [0.1, 0.15) is 5.56 Å². The van der Waals surface area contributed by atoms with Gasteiger partial charge in [0.05, 0.1) is 12.0 Å². The minimum atomic E-state index is 0.872. The molecule has 2 N–H and O–H groups in total. The molecular formula is C14H12Br2N2S. The standard InChI is InChI=1S/C14H12Br2N2S/c15-11-5-10(6-12(16)7-11)8-19-14-3-1-13(2-4-14)18-9-17/h1-7,9H,8H2,(H2,17,18). The fourth-order valence-corrected chi connectivity index (χ4v) is 3.79. The second-order valence-corrected chi connectivity index (χ2v) is 6.72. The first-order valence-corrected chi connectivity index (χ1v) is 8.16. The van der Waals surface area contributed by atoms with Gasteiger partial charge in [-0.15, -0.1) is 11.8 Å². The monoisotopic (exact) mass is 398 g/mol. The van der Waals surface area contributed by atoms with Gasteiger partial charge in [0, 0.05) is 19.6 Å². The molecule has 0 atom stereocenters. The number of thioether (sulfide) groups is 1. The van der Waals surface area contributed by atoms with Crippen molar-refractivity contribution in [3.63, 3.8) is 0 Å². The summed E-state index contributed by atoms with van der Waals surface area (Å²) < 4.78 is 2.18. The van der Waals surface area contributed by atoms with Gasteiger partial charge in [-0.1, -0.05) is 31.9 Å². The number of halogens is 2. The quantitative estimate of drug-likeness (QED) is 0.440. The first-order chi connectivity index (χ1) is 9.17. The van der Waals surface area contributed by atoms with Crippen LogP contribution in [0.2, 0.25) is 0 Å². The SMILES string of the molecule is NC=Nc1ccc(SCc2cc(Br)cc(Br)c2)cc1. The summed E-state index contributed by atoms with van der Waals surface area (Å²) in [6.45, 7) is 0. The fourth-order valence-electron chi connectivity index (χ4n) is 1.58. The molecule has 0 radical (unpaired) electrons. The van der Waals surface area contributed by atoms with Crippen molar-refractivity contribution in [2.75, 3.05) is 0 Å². The highest BCUT2D eigenvalue weighted by molar-refractivity contribution is 9.11. The van der Waals surface area contributed by atoms with Crippen LogP contribution >= 0.6 is 43.6 Å². The van der Waals surface area contributed by atoms with Crippen molar-refractivity contribution < 1.29 is 0 Å². The predicted octanol–water partition coefficient (Wildman–Crippen LogP) is 5.12. The lowest BCUT2D eigenvalue weighted by molar-refractivity contribution is 1.35. The number of benzene rings is 2. The molecule has 0 saturated carbocycles. The molecule has 0 aromatic heterocycles. The molecule has 5 heteroatoms. The molecule has 0 aliphatic heterocycles. The highest BCUT2D eigenvalue weighted by Crippen LogP contribution is 2.28. The third-order valence-corrected chi connectivity index (χ3v) is 4.39. The first-order valence-electron chi connectivity index (χ1n) is 5.59. The molecular weight excluding hydrogens is 388 g/mol. The van der Waals surface area contributed by atoms with Crippen LogP contribution in [0.5, 0.6) is 0 Å². The third kappa shape index (κ3) is 4.67. The van der Waals surface area contributed by atoms with Gasteiger partial charge < -0.3 is 5.73 Å². The van der Waals surface area contributed by atoms with E-state index in [1.165, 1.54) is 16.8 Å². The summed E-state index contributed by atoms with van der Waals surface area (Å²) in [6, 6.07) is 14.3. The number of rotatable bonds is 4. The Morgan fingerprint density at radius 3 is 2.26 bits per heavy atom. The highest BCUT2D eigenvalue weighted by Gasteiger charge is 2.00. The van der Waals surface area contributed by atoms with E-state index < -0.39 is 0 Å². The molecule has 2 rings (SSSR count). The van der Waals surface area contributed by atoms with Crippen LogP contribution in [-0.2, 0) is 5.75 Å². The number of hydrogen-bond donors (Lipinski definition) is 1. The van der Waals surface area contributed by atoms with Crippen LogP contribution in [0.4, 0.5) is 5.69 Å². The molecule has 0 aliphatic rings. The van der Waals surface area contributed by atoms with Gasteiger partial charge in [-0.05, 0) is 48.0 Å². The van der Waals surface area contributed by atoms with Crippen LogP contribution in [0.3, 0.4) is 0 Å². The van der Waals surface area contributed by atoms with Crippen molar-refractivity contribution in [1.82, 2.24) is 0 Å². The summed E-state index contributed by atoms with van der Waals surface area (Å²) in [7, 11) is 0. The van der Waals surface area contributed by atoms with Gasteiger partial charge >= 0.3 is 0 Å². The van der Waals surface area contributed by atoms with E-state index in [0.717, 1.165) is 20.4 Å². The van der Waals surface area contributed by atoms with Crippen molar-refractivity contribution in [3.8, 4) is 0 Å². The van der Waals surface area contributed by atoms with Crippen LogP contribution in [0, 0.1) is 0 Å². The molecule has 0 fully saturated rings. The Kier molecular flexibility index (Phi) is 5.48. The summed E-state index contributed by atoms with van der Waals surface area (Å²) in [5.74, 6) is 0.928. The lowest BCUT2D eigenvalue weighted by Crippen LogP contribution is -1.86. The molecule has 0 saturated heterocycles. The second kappa shape index (κ2) is 7.12. The Balaban J connectivity index is 2.01. The molecule has 0 amide bonds. The molecule has 0 aliphatic carbocycles. The summed E-state index contributed by atoms with van der Waals surface area (Å²) >= 11 is 8.79. The zero-order chi connectivity index (χ0) is 13.7. The number of aliphatic imine (C=N–C) groups is 1. The zero-order valence-electron chi connectivity index (χ0n) is 10.0. The highest BCUT2D eigenvalue weighted by atomic mass is 79.9. The zero-order valence-corrected chi connectivity index (χ0v) is 14.0. The minimum Gasteiger partial charge on any atom is -0.390 e. The molecule has 0 bridgehead atoms. The molecule has 2 nitrogen and oxygen atoms in total. The number of nitrogens with zero attached hydrogens (tertiary/aromatic N) is 1. The average molecular weight is 400 g/mol. The maximum Gasteiger partial charge on any atom is 0.0860 e. The van der Waals surface area contributed by atoms with Gasteiger partial charge in [0.25, 0.3) is 0 Å². The predicted molar refractivity (Wildman–Crippen MR) is 90.2 cm³/mol. The second-order valence-electron chi connectivity index (χ2n) is 3.84. The Morgan fingerprint density at radius 2 is 1.68 bits per heavy atom. The van der Waals surface area contributed by atoms with Crippen molar-refractivity contribution in [2.45, 2.75) is 10.6 Å². The normalized spacial score (nSPS) is 11.1. The van der Waals surface area contributed by atoms with E-state index in [9.17, 15) is 0 Å². The molecule has 19 heavy (non-hydrogen) atoms. The van der Waals surface area contributed by atoms with Crippen molar-refractivity contribution >= 4 is 55.6 Å². The number of nitrogens with two attached hydrogens (primary N) is 1. The van der Waals surface area contributed by atoms with Crippen molar-refractivity contribution in [3.05, 3.63) is 57.0 Å². The topological polar surface area (TPSA) is 38.4 Å². The fraction of sp³-hybridized carbons (Fsp3) is 0.0714. The molecule has 0 spiro atoms. The maximum absolute atomic E-state index is 5.26. The third-order valence-electron chi connectivity index (χ3n) is 2.39. The van der Waals surface area contributed by atoms with E-state index in [1.807, 2.05) is 18.2 Å². The van der Waals surface area contributed by atoms with Gasteiger partial charge in [-0.25, -0.2) is 4.99 Å². The Hall–Kier alpha value is -0.780. The lowest BCUT2D eigenvalue weighted by atomic mass is 10.2. The van der Waals surface area contributed by atoms with E-state index in [-0.39, 0.29) is 0 Å². The van der Waals surface area contributed by atoms with Crippen molar-refractivity contribution in [2.24, 2.45) is 10.7 Å². The van der Waals surface area contributed by atoms with Gasteiger partial charge in [0.1, 0.15) is 0 Å². The van der Waals surface area contributed by atoms with Crippen molar-refractivity contribution in [1.29, 1.82) is 0 Å².